The molecule has 0 unspecified atom stereocenters. The summed E-state index contributed by atoms with van der Waals surface area (Å²) in [5.41, 5.74) is 6.86. The van der Waals surface area contributed by atoms with Gasteiger partial charge in [0, 0.05) is 18.3 Å². The summed E-state index contributed by atoms with van der Waals surface area (Å²) in [6.07, 6.45) is 0. The fourth-order valence-electron chi connectivity index (χ4n) is 1.72. The Kier molecular flexibility index (Phi) is 3.37. The summed E-state index contributed by atoms with van der Waals surface area (Å²) in [5, 5.41) is 0. The van der Waals surface area contributed by atoms with Gasteiger partial charge >= 0.3 is 0 Å². The topological polar surface area (TPSA) is 59.5 Å². The highest BCUT2D eigenvalue weighted by atomic mass is 16.3. The highest BCUT2D eigenvalue weighted by molar-refractivity contribution is 5.94. The van der Waals surface area contributed by atoms with E-state index in [9.17, 15) is 4.79 Å². The maximum Gasteiger partial charge on any atom is 0.254 e. The van der Waals surface area contributed by atoms with Crippen LogP contribution in [0, 0.1) is 6.92 Å². The third kappa shape index (κ3) is 2.71. The Morgan fingerprint density at radius 1 is 1.22 bits per heavy atom. The number of carbonyl (C=O) groups excluding carboxylic acids is 1. The van der Waals surface area contributed by atoms with E-state index in [1.165, 1.54) is 0 Å². The Labute approximate surface area is 106 Å². The first-order valence-corrected chi connectivity index (χ1v) is 5.72. The minimum atomic E-state index is -0.0518. The summed E-state index contributed by atoms with van der Waals surface area (Å²) in [5.74, 6) is 1.57. The molecule has 0 bridgehead atoms. The van der Waals surface area contributed by atoms with Crippen LogP contribution in [0.15, 0.2) is 40.8 Å². The van der Waals surface area contributed by atoms with Crippen LogP contribution < -0.4 is 5.73 Å². The normalized spacial score (nSPS) is 10.3. The van der Waals surface area contributed by atoms with Crippen LogP contribution in [0.3, 0.4) is 0 Å². The lowest BCUT2D eigenvalue weighted by Gasteiger charge is -2.15. The fraction of sp³-hybridized carbons (Fsp3) is 0.214. The number of nitrogen functional groups attached to an aromatic ring is 1. The smallest absolute Gasteiger partial charge is 0.254 e. The zero-order valence-corrected chi connectivity index (χ0v) is 10.5. The maximum absolute atomic E-state index is 12.1. The summed E-state index contributed by atoms with van der Waals surface area (Å²) in [6.45, 7) is 2.34. The van der Waals surface area contributed by atoms with Crippen molar-refractivity contribution in [3.05, 3.63) is 53.5 Å². The van der Waals surface area contributed by atoms with Crippen molar-refractivity contribution in [3.8, 4) is 0 Å². The highest BCUT2D eigenvalue weighted by Gasteiger charge is 2.13. The molecule has 0 saturated carbocycles. The molecule has 0 spiro atoms. The molecule has 1 aromatic heterocycles. The lowest BCUT2D eigenvalue weighted by molar-refractivity contribution is 0.0775. The van der Waals surface area contributed by atoms with E-state index < -0.39 is 0 Å². The van der Waals surface area contributed by atoms with Gasteiger partial charge in [0.25, 0.3) is 5.91 Å². The molecular formula is C14H16N2O2. The van der Waals surface area contributed by atoms with E-state index in [-0.39, 0.29) is 5.91 Å². The number of carbonyl (C=O) groups is 1. The zero-order valence-electron chi connectivity index (χ0n) is 10.5. The number of hydrogen-bond donors (Lipinski definition) is 1. The van der Waals surface area contributed by atoms with Gasteiger partial charge in [-0.2, -0.15) is 0 Å². The molecule has 2 aromatic rings. The van der Waals surface area contributed by atoms with Gasteiger partial charge in [0.15, 0.2) is 0 Å². The van der Waals surface area contributed by atoms with Crippen LogP contribution in [0.5, 0.6) is 0 Å². The molecule has 4 nitrogen and oxygen atoms in total. The van der Waals surface area contributed by atoms with E-state index in [1.54, 1.807) is 36.2 Å². The van der Waals surface area contributed by atoms with Gasteiger partial charge < -0.3 is 15.1 Å². The third-order valence-corrected chi connectivity index (χ3v) is 2.69. The van der Waals surface area contributed by atoms with Crippen molar-refractivity contribution in [3.63, 3.8) is 0 Å². The molecule has 18 heavy (non-hydrogen) atoms. The number of amides is 1. The van der Waals surface area contributed by atoms with E-state index in [0.717, 1.165) is 11.5 Å². The van der Waals surface area contributed by atoms with Crippen LogP contribution in [0.25, 0.3) is 0 Å². The van der Waals surface area contributed by atoms with Gasteiger partial charge in [-0.3, -0.25) is 4.79 Å². The highest BCUT2D eigenvalue weighted by Crippen LogP contribution is 2.12. The molecule has 0 fully saturated rings. The quantitative estimate of drug-likeness (QED) is 0.844. The second-order valence-electron chi connectivity index (χ2n) is 4.30. The molecule has 1 heterocycles. The molecule has 0 saturated heterocycles. The predicted octanol–water partition coefficient (Wildman–Crippen LogP) is 2.44. The lowest BCUT2D eigenvalue weighted by Crippen LogP contribution is -2.25. The number of rotatable bonds is 3. The Morgan fingerprint density at radius 3 is 2.44 bits per heavy atom. The van der Waals surface area contributed by atoms with Crippen LogP contribution in [0.4, 0.5) is 5.69 Å². The summed E-state index contributed by atoms with van der Waals surface area (Å²) in [6, 6.07) is 10.7. The molecule has 0 aliphatic rings. The second kappa shape index (κ2) is 4.96. The maximum atomic E-state index is 12.1. The largest absolute Gasteiger partial charge is 0.464 e. The number of benzene rings is 1. The Hall–Kier alpha value is -2.23. The molecule has 2 rings (SSSR count). The number of hydrogen-bond acceptors (Lipinski definition) is 3. The van der Waals surface area contributed by atoms with Crippen molar-refractivity contribution in [2.24, 2.45) is 0 Å². The zero-order chi connectivity index (χ0) is 13.1. The minimum absolute atomic E-state index is 0.0518. The average Bonchev–Trinajstić information content (AvgIpc) is 2.75. The van der Waals surface area contributed by atoms with E-state index >= 15 is 0 Å². The Balaban J connectivity index is 2.07. The fourth-order valence-corrected chi connectivity index (χ4v) is 1.72. The molecular weight excluding hydrogens is 228 g/mol. The Bertz CT molecular complexity index is 543. The van der Waals surface area contributed by atoms with Crippen molar-refractivity contribution < 1.29 is 9.21 Å². The van der Waals surface area contributed by atoms with E-state index in [1.807, 2.05) is 19.1 Å². The summed E-state index contributed by atoms with van der Waals surface area (Å²) >= 11 is 0. The van der Waals surface area contributed by atoms with Gasteiger partial charge in [0.05, 0.1) is 6.54 Å². The van der Waals surface area contributed by atoms with E-state index in [4.69, 9.17) is 10.2 Å². The summed E-state index contributed by atoms with van der Waals surface area (Å²) < 4.78 is 5.45. The van der Waals surface area contributed by atoms with Crippen LogP contribution >= 0.6 is 0 Å². The van der Waals surface area contributed by atoms with Crippen molar-refractivity contribution >= 4 is 11.6 Å². The van der Waals surface area contributed by atoms with Crippen molar-refractivity contribution in [2.75, 3.05) is 12.8 Å². The SMILES string of the molecule is Cc1ccc(CN(C)C(=O)c2ccc(N)cc2)o1. The molecule has 0 aliphatic heterocycles. The van der Waals surface area contributed by atoms with Crippen LogP contribution in [0.2, 0.25) is 0 Å². The first kappa shape index (κ1) is 12.2. The molecule has 0 aliphatic carbocycles. The van der Waals surface area contributed by atoms with Gasteiger partial charge in [-0.25, -0.2) is 0 Å². The van der Waals surface area contributed by atoms with Gasteiger partial charge in [-0.05, 0) is 43.3 Å². The first-order valence-electron chi connectivity index (χ1n) is 5.72. The molecule has 0 radical (unpaired) electrons. The number of nitrogens with zero attached hydrogens (tertiary/aromatic N) is 1. The third-order valence-electron chi connectivity index (χ3n) is 2.69. The summed E-state index contributed by atoms with van der Waals surface area (Å²) in [4.78, 5) is 13.7. The molecule has 4 heteroatoms. The van der Waals surface area contributed by atoms with Gasteiger partial charge in [-0.15, -0.1) is 0 Å². The lowest BCUT2D eigenvalue weighted by atomic mass is 10.2. The number of nitrogens with two attached hydrogens (primary N) is 1. The van der Waals surface area contributed by atoms with Crippen LogP contribution in [-0.4, -0.2) is 17.9 Å². The number of anilines is 1. The van der Waals surface area contributed by atoms with Gasteiger partial charge in [0.1, 0.15) is 11.5 Å². The summed E-state index contributed by atoms with van der Waals surface area (Å²) in [7, 11) is 1.75. The Morgan fingerprint density at radius 2 is 1.89 bits per heavy atom. The number of aryl methyl sites for hydroxylation is 1. The molecule has 1 aromatic carbocycles. The standard InChI is InChI=1S/C14H16N2O2/c1-10-3-8-13(18-10)9-16(2)14(17)11-4-6-12(15)7-5-11/h3-8H,9,15H2,1-2H3. The first-order chi connectivity index (χ1) is 8.56. The van der Waals surface area contributed by atoms with Crippen molar-refractivity contribution in [1.82, 2.24) is 4.90 Å². The van der Waals surface area contributed by atoms with Gasteiger partial charge in [0.2, 0.25) is 0 Å². The number of furan rings is 1. The van der Waals surface area contributed by atoms with Gasteiger partial charge in [-0.1, -0.05) is 0 Å². The molecule has 94 valence electrons. The van der Waals surface area contributed by atoms with Crippen LogP contribution in [0.1, 0.15) is 21.9 Å². The van der Waals surface area contributed by atoms with Crippen molar-refractivity contribution in [1.29, 1.82) is 0 Å². The van der Waals surface area contributed by atoms with Crippen molar-refractivity contribution in [2.45, 2.75) is 13.5 Å². The second-order valence-corrected chi connectivity index (χ2v) is 4.30. The molecule has 0 atom stereocenters. The average molecular weight is 244 g/mol. The van der Waals surface area contributed by atoms with E-state index in [0.29, 0.717) is 17.8 Å². The molecule has 1 amide bonds. The van der Waals surface area contributed by atoms with E-state index in [2.05, 4.69) is 0 Å². The molecule has 2 N–H and O–H groups in total. The predicted molar refractivity (Wildman–Crippen MR) is 70.1 cm³/mol. The van der Waals surface area contributed by atoms with Crippen LogP contribution in [-0.2, 0) is 6.54 Å². The minimum Gasteiger partial charge on any atom is -0.464 e. The monoisotopic (exact) mass is 244 g/mol.